The van der Waals surface area contributed by atoms with Crippen LogP contribution in [0, 0.1) is 11.6 Å². The van der Waals surface area contributed by atoms with Gasteiger partial charge in [-0.25, -0.2) is 13.8 Å². The molecule has 0 bridgehead atoms. The van der Waals surface area contributed by atoms with Crippen LogP contribution in [0.15, 0.2) is 60.9 Å². The Labute approximate surface area is 186 Å². The van der Waals surface area contributed by atoms with Crippen molar-refractivity contribution in [2.24, 2.45) is 0 Å². The van der Waals surface area contributed by atoms with Crippen molar-refractivity contribution in [2.75, 3.05) is 4.90 Å². The van der Waals surface area contributed by atoms with Crippen LogP contribution in [0.25, 0.3) is 10.2 Å². The maximum absolute atomic E-state index is 14.3. The molecule has 3 heterocycles. The van der Waals surface area contributed by atoms with E-state index in [1.165, 1.54) is 11.0 Å². The molecule has 0 fully saturated rings. The van der Waals surface area contributed by atoms with E-state index in [1.807, 2.05) is 12.1 Å². The van der Waals surface area contributed by atoms with Crippen LogP contribution in [-0.4, -0.2) is 28.1 Å². The number of carbonyl (C=O) groups excluding carboxylic acids is 1. The summed E-state index contributed by atoms with van der Waals surface area (Å²) in [6.45, 7) is 1.87. The van der Waals surface area contributed by atoms with E-state index in [1.54, 1.807) is 43.6 Å². The maximum atomic E-state index is 14.3. The molecular weight excluding hydrogens is 436 g/mol. The van der Waals surface area contributed by atoms with E-state index in [2.05, 4.69) is 9.97 Å². The largest absolute Gasteiger partial charge is 0.482 e. The van der Waals surface area contributed by atoms with Crippen molar-refractivity contribution < 1.29 is 23.0 Å². The molecule has 1 aliphatic heterocycles. The number of para-hydroxylation sites is 2. The van der Waals surface area contributed by atoms with Gasteiger partial charge in [0.2, 0.25) is 6.10 Å². The highest BCUT2D eigenvalue weighted by Gasteiger charge is 2.38. The van der Waals surface area contributed by atoms with Crippen molar-refractivity contribution >= 4 is 32.6 Å². The van der Waals surface area contributed by atoms with Crippen molar-refractivity contribution in [3.8, 4) is 11.5 Å². The predicted octanol–water partition coefficient (Wildman–Crippen LogP) is 4.73. The fourth-order valence-electron chi connectivity index (χ4n) is 3.52. The number of pyridine rings is 1. The van der Waals surface area contributed by atoms with Crippen molar-refractivity contribution in [3.05, 3.63) is 78.1 Å². The SMILES string of the molecule is CC1Oc2ccccc2OC1C(=O)N(Cc1cccnc1)c1nc2c(F)cc(F)cc2s1. The van der Waals surface area contributed by atoms with Gasteiger partial charge in [0.05, 0.1) is 11.2 Å². The van der Waals surface area contributed by atoms with Gasteiger partial charge < -0.3 is 9.47 Å². The third-order valence-electron chi connectivity index (χ3n) is 5.05. The zero-order valence-electron chi connectivity index (χ0n) is 16.9. The standard InChI is InChI=1S/C23H17F2N3O3S/c1-13-21(31-18-7-3-2-6-17(18)30-13)22(29)28(12-14-5-4-8-26-11-14)23-27-20-16(25)9-15(24)10-19(20)32-23/h2-11,13,21H,12H2,1H3. The number of ether oxygens (including phenoxy) is 2. The minimum absolute atomic E-state index is 0.00888. The summed E-state index contributed by atoms with van der Waals surface area (Å²) in [5, 5.41) is 0.230. The quantitative estimate of drug-likeness (QED) is 0.447. The van der Waals surface area contributed by atoms with Crippen LogP contribution in [0.4, 0.5) is 13.9 Å². The second kappa shape index (κ2) is 8.16. The molecule has 5 rings (SSSR count). The average Bonchev–Trinajstić information content (AvgIpc) is 3.21. The number of amides is 1. The number of rotatable bonds is 4. The first-order valence-electron chi connectivity index (χ1n) is 9.88. The normalized spacial score (nSPS) is 17.3. The lowest BCUT2D eigenvalue weighted by Crippen LogP contribution is -2.50. The van der Waals surface area contributed by atoms with Crippen LogP contribution in [-0.2, 0) is 11.3 Å². The summed E-state index contributed by atoms with van der Waals surface area (Å²) in [5.41, 5.74) is 0.756. The van der Waals surface area contributed by atoms with Crippen LogP contribution in [0.1, 0.15) is 12.5 Å². The van der Waals surface area contributed by atoms with Gasteiger partial charge in [0.15, 0.2) is 22.4 Å². The molecule has 0 saturated heterocycles. The Morgan fingerprint density at radius 3 is 2.66 bits per heavy atom. The topological polar surface area (TPSA) is 64.6 Å². The zero-order chi connectivity index (χ0) is 22.2. The van der Waals surface area contributed by atoms with Gasteiger partial charge in [0.1, 0.15) is 17.4 Å². The van der Waals surface area contributed by atoms with E-state index in [9.17, 15) is 13.6 Å². The van der Waals surface area contributed by atoms with Gasteiger partial charge in [-0.15, -0.1) is 0 Å². The minimum Gasteiger partial charge on any atom is -0.482 e. The first-order chi connectivity index (χ1) is 15.5. The summed E-state index contributed by atoms with van der Waals surface area (Å²) >= 11 is 1.03. The Hall–Kier alpha value is -3.59. The van der Waals surface area contributed by atoms with E-state index >= 15 is 0 Å². The highest BCUT2D eigenvalue weighted by molar-refractivity contribution is 7.22. The van der Waals surface area contributed by atoms with Crippen molar-refractivity contribution in [1.82, 2.24) is 9.97 Å². The first-order valence-corrected chi connectivity index (χ1v) is 10.7. The molecule has 0 N–H and O–H groups in total. The third-order valence-corrected chi connectivity index (χ3v) is 6.07. The molecule has 0 saturated carbocycles. The van der Waals surface area contributed by atoms with Gasteiger partial charge in [-0.05, 0) is 36.8 Å². The Morgan fingerprint density at radius 2 is 1.91 bits per heavy atom. The molecule has 9 heteroatoms. The molecule has 4 aromatic rings. The van der Waals surface area contributed by atoms with Crippen molar-refractivity contribution in [2.45, 2.75) is 25.7 Å². The summed E-state index contributed by atoms with van der Waals surface area (Å²) in [7, 11) is 0. The Morgan fingerprint density at radius 1 is 1.12 bits per heavy atom. The number of anilines is 1. The lowest BCUT2D eigenvalue weighted by atomic mass is 10.1. The number of thiazole rings is 1. The van der Waals surface area contributed by atoms with E-state index in [-0.39, 0.29) is 17.2 Å². The van der Waals surface area contributed by atoms with Crippen LogP contribution in [0.5, 0.6) is 11.5 Å². The number of carbonyl (C=O) groups is 1. The predicted molar refractivity (Wildman–Crippen MR) is 116 cm³/mol. The summed E-state index contributed by atoms with van der Waals surface area (Å²) in [6, 6.07) is 12.6. The van der Waals surface area contributed by atoms with Gasteiger partial charge in [-0.1, -0.05) is 29.5 Å². The molecule has 6 nitrogen and oxygen atoms in total. The number of hydrogen-bond donors (Lipinski definition) is 0. The number of aromatic nitrogens is 2. The average molecular weight is 453 g/mol. The zero-order valence-corrected chi connectivity index (χ0v) is 17.7. The highest BCUT2D eigenvalue weighted by Crippen LogP contribution is 2.36. The monoisotopic (exact) mass is 453 g/mol. The van der Waals surface area contributed by atoms with E-state index in [4.69, 9.17) is 9.47 Å². The van der Waals surface area contributed by atoms with Gasteiger partial charge in [0, 0.05) is 18.5 Å². The van der Waals surface area contributed by atoms with Crippen LogP contribution < -0.4 is 14.4 Å². The van der Waals surface area contributed by atoms with Crippen LogP contribution in [0.3, 0.4) is 0 Å². The fourth-order valence-corrected chi connectivity index (χ4v) is 4.53. The number of benzene rings is 2. The fraction of sp³-hybridized carbons (Fsp3) is 0.174. The van der Waals surface area contributed by atoms with Crippen molar-refractivity contribution in [1.29, 1.82) is 0 Å². The summed E-state index contributed by atoms with van der Waals surface area (Å²) in [4.78, 5) is 23.4. The molecule has 2 aromatic carbocycles. The number of hydrogen-bond acceptors (Lipinski definition) is 6. The Bertz CT molecular complexity index is 1300. The summed E-state index contributed by atoms with van der Waals surface area (Å²) < 4.78 is 40.2. The van der Waals surface area contributed by atoms with E-state index in [0.717, 1.165) is 23.0 Å². The molecule has 2 unspecified atom stereocenters. The molecule has 32 heavy (non-hydrogen) atoms. The minimum atomic E-state index is -0.949. The molecule has 2 atom stereocenters. The van der Waals surface area contributed by atoms with E-state index in [0.29, 0.717) is 16.2 Å². The summed E-state index contributed by atoms with van der Waals surface area (Å²) in [5.74, 6) is -0.876. The lowest BCUT2D eigenvalue weighted by molar-refractivity contribution is -0.130. The number of fused-ring (bicyclic) bond motifs is 2. The molecule has 1 amide bonds. The smallest absolute Gasteiger partial charge is 0.274 e. The molecule has 2 aromatic heterocycles. The molecule has 0 aliphatic carbocycles. The second-order valence-corrected chi connectivity index (χ2v) is 8.33. The molecular formula is C23H17F2N3O3S. The number of halogens is 2. The van der Waals surface area contributed by atoms with Gasteiger partial charge >= 0.3 is 0 Å². The Kier molecular flexibility index (Phi) is 5.18. The maximum Gasteiger partial charge on any atom is 0.274 e. The summed E-state index contributed by atoms with van der Waals surface area (Å²) in [6.07, 6.45) is 1.74. The van der Waals surface area contributed by atoms with Gasteiger partial charge in [0.25, 0.3) is 5.91 Å². The number of nitrogens with zero attached hydrogens (tertiary/aromatic N) is 3. The van der Waals surface area contributed by atoms with Crippen molar-refractivity contribution in [3.63, 3.8) is 0 Å². The lowest BCUT2D eigenvalue weighted by Gasteiger charge is -2.33. The van der Waals surface area contributed by atoms with Crippen LogP contribution in [0.2, 0.25) is 0 Å². The third kappa shape index (κ3) is 3.75. The Balaban J connectivity index is 1.54. The molecule has 0 radical (unpaired) electrons. The molecule has 162 valence electrons. The molecule has 1 aliphatic rings. The first kappa shape index (κ1) is 20.3. The van der Waals surface area contributed by atoms with Crippen LogP contribution >= 0.6 is 11.3 Å². The molecule has 0 spiro atoms. The highest BCUT2D eigenvalue weighted by atomic mass is 32.1. The second-order valence-electron chi connectivity index (χ2n) is 7.32. The van der Waals surface area contributed by atoms with Gasteiger partial charge in [-0.2, -0.15) is 0 Å². The van der Waals surface area contributed by atoms with E-state index < -0.39 is 29.7 Å². The van der Waals surface area contributed by atoms with Gasteiger partial charge in [-0.3, -0.25) is 14.7 Å².